The van der Waals surface area contributed by atoms with Crippen molar-refractivity contribution in [2.45, 2.75) is 32.9 Å². The Kier molecular flexibility index (Phi) is 6.14. The van der Waals surface area contributed by atoms with E-state index in [0.717, 1.165) is 22.6 Å². The van der Waals surface area contributed by atoms with Crippen LogP contribution in [0, 0.1) is 13.8 Å². The SMILES string of the molecule is CCOC(=O)CN1C(=S)N[C@H](c2ccccn2)[C@@H]1c1cc(C)n(-c2ccccc2O)c1C. The third-order valence-electron chi connectivity index (χ3n) is 5.71. The minimum Gasteiger partial charge on any atom is -0.506 e. The number of rotatable bonds is 6. The zero-order valence-corrected chi connectivity index (χ0v) is 19.1. The van der Waals surface area contributed by atoms with Crippen molar-refractivity contribution in [3.63, 3.8) is 0 Å². The molecule has 2 atom stereocenters. The van der Waals surface area contributed by atoms with Crippen LogP contribution in [0.5, 0.6) is 5.75 Å². The molecule has 1 saturated heterocycles. The summed E-state index contributed by atoms with van der Waals surface area (Å²) in [4.78, 5) is 18.8. The van der Waals surface area contributed by atoms with Gasteiger partial charge in [-0.1, -0.05) is 18.2 Å². The second-order valence-electron chi connectivity index (χ2n) is 7.71. The largest absolute Gasteiger partial charge is 0.506 e. The molecule has 1 aliphatic rings. The average Bonchev–Trinajstić information content (AvgIpc) is 3.25. The molecule has 1 aromatic carbocycles. The number of esters is 1. The molecule has 0 aliphatic carbocycles. The monoisotopic (exact) mass is 450 g/mol. The van der Waals surface area contributed by atoms with E-state index in [9.17, 15) is 9.90 Å². The summed E-state index contributed by atoms with van der Waals surface area (Å²) in [6.07, 6.45) is 1.75. The van der Waals surface area contributed by atoms with Crippen LogP contribution >= 0.6 is 12.2 Å². The van der Waals surface area contributed by atoms with Gasteiger partial charge in [0.25, 0.3) is 0 Å². The quantitative estimate of drug-likeness (QED) is 0.438. The first kappa shape index (κ1) is 21.8. The molecule has 166 valence electrons. The molecule has 1 aliphatic heterocycles. The minimum absolute atomic E-state index is 0.0356. The van der Waals surface area contributed by atoms with Crippen LogP contribution in [0.4, 0.5) is 0 Å². The zero-order valence-electron chi connectivity index (χ0n) is 18.3. The Morgan fingerprint density at radius 1 is 1.22 bits per heavy atom. The van der Waals surface area contributed by atoms with Crippen LogP contribution in [0.1, 0.15) is 41.7 Å². The summed E-state index contributed by atoms with van der Waals surface area (Å²) in [7, 11) is 0. The maximum atomic E-state index is 12.4. The van der Waals surface area contributed by atoms with Crippen molar-refractivity contribution < 1.29 is 14.6 Å². The first-order valence-electron chi connectivity index (χ1n) is 10.5. The fraction of sp³-hybridized carbons (Fsp3) is 0.292. The van der Waals surface area contributed by atoms with Crippen LogP contribution in [-0.4, -0.2) is 43.8 Å². The summed E-state index contributed by atoms with van der Waals surface area (Å²) < 4.78 is 7.22. The van der Waals surface area contributed by atoms with E-state index >= 15 is 0 Å². The number of carbonyl (C=O) groups excluding carboxylic acids is 1. The van der Waals surface area contributed by atoms with E-state index in [-0.39, 0.29) is 30.3 Å². The third kappa shape index (κ3) is 3.93. The van der Waals surface area contributed by atoms with E-state index in [1.54, 1.807) is 25.3 Å². The number of nitrogens with one attached hydrogen (secondary N) is 1. The molecule has 3 heterocycles. The lowest BCUT2D eigenvalue weighted by Gasteiger charge is -2.27. The Morgan fingerprint density at radius 3 is 2.66 bits per heavy atom. The van der Waals surface area contributed by atoms with Crippen molar-refractivity contribution in [3.8, 4) is 11.4 Å². The lowest BCUT2D eigenvalue weighted by molar-refractivity contribution is -0.143. The number of aromatic hydroxyl groups is 1. The summed E-state index contributed by atoms with van der Waals surface area (Å²) in [5.74, 6) is -0.136. The number of hydrogen-bond acceptors (Lipinski definition) is 5. The summed E-state index contributed by atoms with van der Waals surface area (Å²) in [5.41, 5.74) is 4.45. The van der Waals surface area contributed by atoms with E-state index in [4.69, 9.17) is 17.0 Å². The van der Waals surface area contributed by atoms with Crippen LogP contribution in [0.2, 0.25) is 0 Å². The molecule has 8 heteroatoms. The molecule has 0 saturated carbocycles. The van der Waals surface area contributed by atoms with E-state index in [1.807, 2.05) is 53.6 Å². The van der Waals surface area contributed by atoms with Crippen LogP contribution in [0.3, 0.4) is 0 Å². The molecule has 0 radical (unpaired) electrons. The molecule has 7 nitrogen and oxygen atoms in total. The second kappa shape index (κ2) is 9.00. The van der Waals surface area contributed by atoms with Crippen molar-refractivity contribution in [1.82, 2.24) is 19.8 Å². The molecular weight excluding hydrogens is 424 g/mol. The van der Waals surface area contributed by atoms with Gasteiger partial charge in [0.15, 0.2) is 5.11 Å². The lowest BCUT2D eigenvalue weighted by Crippen LogP contribution is -2.35. The molecule has 3 aromatic rings. The van der Waals surface area contributed by atoms with E-state index in [1.165, 1.54) is 0 Å². The van der Waals surface area contributed by atoms with Gasteiger partial charge in [-0.15, -0.1) is 0 Å². The number of carbonyl (C=O) groups is 1. The fourth-order valence-corrected chi connectivity index (χ4v) is 4.68. The van der Waals surface area contributed by atoms with Crippen LogP contribution in [0.25, 0.3) is 5.69 Å². The van der Waals surface area contributed by atoms with Gasteiger partial charge in [-0.05, 0) is 68.9 Å². The van der Waals surface area contributed by atoms with Crippen molar-refractivity contribution in [2.75, 3.05) is 13.2 Å². The molecule has 0 bridgehead atoms. The Hall–Kier alpha value is -3.39. The van der Waals surface area contributed by atoms with E-state index < -0.39 is 0 Å². The number of aromatic nitrogens is 2. The molecule has 32 heavy (non-hydrogen) atoms. The van der Waals surface area contributed by atoms with Gasteiger partial charge in [0.1, 0.15) is 12.3 Å². The number of phenolic OH excluding ortho intramolecular Hbond substituents is 1. The highest BCUT2D eigenvalue weighted by molar-refractivity contribution is 7.80. The van der Waals surface area contributed by atoms with Gasteiger partial charge in [0.2, 0.25) is 0 Å². The Morgan fingerprint density at radius 2 is 1.97 bits per heavy atom. The van der Waals surface area contributed by atoms with Gasteiger partial charge in [0, 0.05) is 17.6 Å². The number of aryl methyl sites for hydroxylation is 1. The Balaban J connectivity index is 1.83. The van der Waals surface area contributed by atoms with Crippen molar-refractivity contribution >= 4 is 23.3 Å². The number of benzene rings is 1. The smallest absolute Gasteiger partial charge is 0.325 e. The molecule has 2 aromatic heterocycles. The van der Waals surface area contributed by atoms with Gasteiger partial charge >= 0.3 is 5.97 Å². The number of para-hydroxylation sites is 2. The predicted molar refractivity (Wildman–Crippen MR) is 126 cm³/mol. The van der Waals surface area contributed by atoms with Crippen LogP contribution < -0.4 is 5.32 Å². The number of hydrogen-bond donors (Lipinski definition) is 2. The summed E-state index contributed by atoms with van der Waals surface area (Å²) in [6.45, 7) is 6.13. The summed E-state index contributed by atoms with van der Waals surface area (Å²) in [5, 5.41) is 14.3. The number of nitrogens with zero attached hydrogens (tertiary/aromatic N) is 3. The van der Waals surface area contributed by atoms with E-state index in [0.29, 0.717) is 17.4 Å². The summed E-state index contributed by atoms with van der Waals surface area (Å²) >= 11 is 5.63. The zero-order chi connectivity index (χ0) is 22.8. The molecule has 0 spiro atoms. The molecule has 1 fully saturated rings. The van der Waals surface area contributed by atoms with Gasteiger partial charge in [-0.2, -0.15) is 0 Å². The van der Waals surface area contributed by atoms with Crippen molar-refractivity contribution in [2.24, 2.45) is 0 Å². The number of thiocarbonyl (C=S) groups is 1. The third-order valence-corrected chi connectivity index (χ3v) is 6.07. The lowest BCUT2D eigenvalue weighted by atomic mass is 9.97. The van der Waals surface area contributed by atoms with Crippen LogP contribution in [-0.2, 0) is 9.53 Å². The van der Waals surface area contributed by atoms with Crippen LogP contribution in [0.15, 0.2) is 54.7 Å². The normalized spacial score (nSPS) is 18.0. The maximum Gasteiger partial charge on any atom is 0.325 e. The molecule has 0 unspecified atom stereocenters. The van der Waals surface area contributed by atoms with E-state index in [2.05, 4.69) is 16.4 Å². The van der Waals surface area contributed by atoms with Crippen molar-refractivity contribution in [1.29, 1.82) is 0 Å². The molecule has 4 rings (SSSR count). The van der Waals surface area contributed by atoms with Crippen molar-refractivity contribution in [3.05, 3.63) is 77.4 Å². The van der Waals surface area contributed by atoms with Gasteiger partial charge < -0.3 is 24.6 Å². The summed E-state index contributed by atoms with van der Waals surface area (Å²) in [6, 6.07) is 14.6. The number of ether oxygens (including phenoxy) is 1. The van der Waals surface area contributed by atoms with Gasteiger partial charge in [-0.3, -0.25) is 9.78 Å². The first-order valence-corrected chi connectivity index (χ1v) is 10.9. The van der Waals surface area contributed by atoms with Gasteiger partial charge in [-0.25, -0.2) is 0 Å². The first-order chi connectivity index (χ1) is 15.4. The molecule has 0 amide bonds. The second-order valence-corrected chi connectivity index (χ2v) is 8.10. The topological polar surface area (TPSA) is 79.6 Å². The van der Waals surface area contributed by atoms with Gasteiger partial charge in [0.05, 0.1) is 30.1 Å². The maximum absolute atomic E-state index is 12.4. The number of pyridine rings is 1. The highest BCUT2D eigenvalue weighted by Gasteiger charge is 2.42. The molecule has 2 N–H and O–H groups in total. The predicted octanol–water partition coefficient (Wildman–Crippen LogP) is 3.73. The fourth-order valence-electron chi connectivity index (χ4n) is 4.37. The Bertz CT molecular complexity index is 1150. The Labute approximate surface area is 192 Å². The highest BCUT2D eigenvalue weighted by Crippen LogP contribution is 2.41. The minimum atomic E-state index is -0.335. The highest BCUT2D eigenvalue weighted by atomic mass is 32.1. The number of phenols is 1. The standard InChI is InChI=1S/C24H26N4O3S/c1-4-31-21(30)14-27-23(22(26-24(27)32)18-9-7-8-12-25-18)17-13-15(2)28(16(17)3)19-10-5-6-11-20(19)29/h5-13,22-23,29H,4,14H2,1-3H3,(H,26,32)/t22-,23+/m1/s1. The molecular formula is C24H26N4O3S. The average molecular weight is 451 g/mol.